The van der Waals surface area contributed by atoms with Gasteiger partial charge in [-0.3, -0.25) is 9.79 Å². The number of H-pyrrole nitrogens is 1. The van der Waals surface area contributed by atoms with Gasteiger partial charge in [0.1, 0.15) is 5.82 Å². The van der Waals surface area contributed by atoms with E-state index < -0.39 is 0 Å². The molecular formula is C16H22FIN4O2. The molecule has 24 heavy (non-hydrogen) atoms. The van der Waals surface area contributed by atoms with Crippen molar-refractivity contribution in [2.45, 2.75) is 12.8 Å². The van der Waals surface area contributed by atoms with E-state index in [0.29, 0.717) is 19.0 Å². The molecule has 132 valence electrons. The molecule has 0 unspecified atom stereocenters. The summed E-state index contributed by atoms with van der Waals surface area (Å²) in [7, 11) is 3.03. The summed E-state index contributed by atoms with van der Waals surface area (Å²) in [6.45, 7) is 1.13. The van der Waals surface area contributed by atoms with Gasteiger partial charge in [0.2, 0.25) is 0 Å². The number of nitrogens with zero attached hydrogens (tertiary/aromatic N) is 1. The van der Waals surface area contributed by atoms with Crippen LogP contribution in [0, 0.1) is 5.82 Å². The first kappa shape index (κ1) is 20.2. The van der Waals surface area contributed by atoms with E-state index in [1.54, 1.807) is 13.1 Å². The van der Waals surface area contributed by atoms with Crippen molar-refractivity contribution in [3.05, 3.63) is 35.8 Å². The first-order valence-electron chi connectivity index (χ1n) is 7.41. The molecule has 6 nitrogen and oxygen atoms in total. The maximum Gasteiger partial charge on any atom is 0.307 e. The molecule has 1 heterocycles. The molecule has 3 N–H and O–H groups in total. The number of hydrogen-bond acceptors (Lipinski definition) is 3. The average molecular weight is 448 g/mol. The van der Waals surface area contributed by atoms with Crippen molar-refractivity contribution in [1.29, 1.82) is 0 Å². The van der Waals surface area contributed by atoms with E-state index in [9.17, 15) is 9.18 Å². The number of benzene rings is 1. The minimum absolute atomic E-state index is 0. The smallest absolute Gasteiger partial charge is 0.307 e. The van der Waals surface area contributed by atoms with Crippen LogP contribution in [-0.4, -0.2) is 44.2 Å². The van der Waals surface area contributed by atoms with E-state index in [1.807, 2.05) is 6.20 Å². The Balaban J connectivity index is 0.00000288. The van der Waals surface area contributed by atoms with Crippen molar-refractivity contribution in [3.63, 3.8) is 0 Å². The van der Waals surface area contributed by atoms with Crippen LogP contribution in [-0.2, 0) is 16.0 Å². The summed E-state index contributed by atoms with van der Waals surface area (Å²) in [6.07, 6.45) is 2.94. The lowest BCUT2D eigenvalue weighted by Crippen LogP contribution is -2.39. The first-order valence-corrected chi connectivity index (χ1v) is 7.41. The number of aliphatic imine (C=N–C) groups is 1. The number of nitrogens with one attached hydrogen (secondary N) is 3. The second kappa shape index (κ2) is 10.1. The highest BCUT2D eigenvalue weighted by molar-refractivity contribution is 14.0. The van der Waals surface area contributed by atoms with Gasteiger partial charge in [-0.25, -0.2) is 4.39 Å². The molecular weight excluding hydrogens is 426 g/mol. The minimum Gasteiger partial charge on any atom is -0.469 e. The molecule has 0 aliphatic rings. The van der Waals surface area contributed by atoms with E-state index in [2.05, 4.69) is 25.3 Å². The Morgan fingerprint density at radius 3 is 2.79 bits per heavy atom. The minimum atomic E-state index is -0.265. The highest BCUT2D eigenvalue weighted by atomic mass is 127. The van der Waals surface area contributed by atoms with Gasteiger partial charge in [-0.1, -0.05) is 0 Å². The van der Waals surface area contributed by atoms with Crippen LogP contribution < -0.4 is 10.6 Å². The maximum atomic E-state index is 13.2. The molecule has 2 rings (SSSR count). The molecule has 0 aliphatic carbocycles. The summed E-state index contributed by atoms with van der Waals surface area (Å²) in [5.41, 5.74) is 1.90. The monoisotopic (exact) mass is 448 g/mol. The van der Waals surface area contributed by atoms with E-state index >= 15 is 0 Å². The van der Waals surface area contributed by atoms with E-state index in [0.717, 1.165) is 22.9 Å². The summed E-state index contributed by atoms with van der Waals surface area (Å²) in [4.78, 5) is 18.2. The summed E-state index contributed by atoms with van der Waals surface area (Å²) in [6, 6.07) is 4.72. The number of rotatable bonds is 6. The Labute approximate surface area is 157 Å². The molecule has 0 amide bonds. The lowest BCUT2D eigenvalue weighted by atomic mass is 10.1. The topological polar surface area (TPSA) is 78.5 Å². The number of aromatic nitrogens is 1. The average Bonchev–Trinajstić information content (AvgIpc) is 2.95. The van der Waals surface area contributed by atoms with Crippen LogP contribution in [0.5, 0.6) is 0 Å². The first-order chi connectivity index (χ1) is 11.1. The fourth-order valence-electron chi connectivity index (χ4n) is 2.29. The quantitative estimate of drug-likeness (QED) is 0.274. The van der Waals surface area contributed by atoms with Crippen LogP contribution in [0.2, 0.25) is 0 Å². The molecule has 0 saturated carbocycles. The number of hydrogen-bond donors (Lipinski definition) is 3. The zero-order valence-corrected chi connectivity index (χ0v) is 16.0. The lowest BCUT2D eigenvalue weighted by molar-refractivity contribution is -0.140. The van der Waals surface area contributed by atoms with Gasteiger partial charge in [-0.15, -0.1) is 24.0 Å². The van der Waals surface area contributed by atoms with Crippen molar-refractivity contribution in [1.82, 2.24) is 15.6 Å². The van der Waals surface area contributed by atoms with Gasteiger partial charge in [-0.05, 0) is 30.2 Å². The summed E-state index contributed by atoms with van der Waals surface area (Å²) in [5.74, 6) is 0.109. The van der Waals surface area contributed by atoms with E-state index in [4.69, 9.17) is 0 Å². The Hall–Kier alpha value is -1.84. The molecule has 0 saturated heterocycles. The number of halogens is 2. The van der Waals surface area contributed by atoms with Crippen LogP contribution in [0.3, 0.4) is 0 Å². The summed E-state index contributed by atoms with van der Waals surface area (Å²) >= 11 is 0. The summed E-state index contributed by atoms with van der Waals surface area (Å²) < 4.78 is 17.7. The predicted molar refractivity (Wildman–Crippen MR) is 103 cm³/mol. The second-order valence-electron chi connectivity index (χ2n) is 5.01. The molecule has 0 spiro atoms. The molecule has 1 aromatic carbocycles. The van der Waals surface area contributed by atoms with E-state index in [-0.39, 0.29) is 42.2 Å². The normalized spacial score (nSPS) is 11.0. The van der Waals surface area contributed by atoms with Gasteiger partial charge in [0.25, 0.3) is 0 Å². The highest BCUT2D eigenvalue weighted by Gasteiger charge is 2.05. The molecule has 0 fully saturated rings. The van der Waals surface area contributed by atoms with Crippen LogP contribution in [0.4, 0.5) is 4.39 Å². The number of carbonyl (C=O) groups is 1. The molecule has 8 heteroatoms. The number of carbonyl (C=O) groups excluding carboxylic acids is 1. The van der Waals surface area contributed by atoms with Crippen LogP contribution in [0.25, 0.3) is 10.9 Å². The summed E-state index contributed by atoms with van der Waals surface area (Å²) in [5, 5.41) is 7.23. The van der Waals surface area contributed by atoms with Crippen molar-refractivity contribution >= 4 is 46.8 Å². The molecule has 1 aromatic heterocycles. The van der Waals surface area contributed by atoms with Crippen molar-refractivity contribution in [2.75, 3.05) is 27.2 Å². The number of guanidine groups is 1. The van der Waals surface area contributed by atoms with Crippen LogP contribution >= 0.6 is 24.0 Å². The Kier molecular flexibility index (Phi) is 8.51. The van der Waals surface area contributed by atoms with Gasteiger partial charge in [0, 0.05) is 37.2 Å². The van der Waals surface area contributed by atoms with Crippen molar-refractivity contribution < 1.29 is 13.9 Å². The van der Waals surface area contributed by atoms with Crippen molar-refractivity contribution in [2.24, 2.45) is 4.99 Å². The van der Waals surface area contributed by atoms with Crippen LogP contribution in [0.1, 0.15) is 12.0 Å². The predicted octanol–water partition coefficient (Wildman–Crippen LogP) is 2.20. The third-order valence-electron chi connectivity index (χ3n) is 3.49. The molecule has 2 aromatic rings. The fraction of sp³-hybridized carbons (Fsp3) is 0.375. The number of fused-ring (bicyclic) bond motifs is 1. The number of aromatic amines is 1. The van der Waals surface area contributed by atoms with Gasteiger partial charge in [-0.2, -0.15) is 0 Å². The van der Waals surface area contributed by atoms with Crippen molar-refractivity contribution in [3.8, 4) is 0 Å². The highest BCUT2D eigenvalue weighted by Crippen LogP contribution is 2.19. The standard InChI is InChI=1S/C16H21FN4O2.HI/c1-18-16(20-8-6-15(22)23-2)19-7-5-11-10-21-14-9-12(17)3-4-13(11)14;/h3-4,9-10,21H,5-8H2,1-2H3,(H2,18,19,20);1H. The zero-order valence-electron chi connectivity index (χ0n) is 13.7. The Morgan fingerprint density at radius 1 is 1.33 bits per heavy atom. The SMILES string of the molecule is CN=C(NCCC(=O)OC)NCCc1c[nH]c2cc(F)ccc12.I. The zero-order chi connectivity index (χ0) is 16.7. The molecule has 0 aliphatic heterocycles. The lowest BCUT2D eigenvalue weighted by Gasteiger charge is -2.11. The Morgan fingerprint density at radius 2 is 2.08 bits per heavy atom. The third-order valence-corrected chi connectivity index (χ3v) is 3.49. The molecule has 0 atom stereocenters. The van der Waals surface area contributed by atoms with Gasteiger partial charge in [0.15, 0.2) is 5.96 Å². The van der Waals surface area contributed by atoms with E-state index in [1.165, 1.54) is 19.2 Å². The number of methoxy groups -OCH3 is 1. The number of esters is 1. The van der Waals surface area contributed by atoms with Gasteiger partial charge >= 0.3 is 5.97 Å². The van der Waals surface area contributed by atoms with Crippen LogP contribution in [0.15, 0.2) is 29.4 Å². The molecule has 0 bridgehead atoms. The maximum absolute atomic E-state index is 13.2. The largest absolute Gasteiger partial charge is 0.469 e. The number of ether oxygens (including phenoxy) is 1. The Bertz CT molecular complexity index is 702. The fourth-order valence-corrected chi connectivity index (χ4v) is 2.29. The second-order valence-corrected chi connectivity index (χ2v) is 5.01. The molecule has 0 radical (unpaired) electrons. The van der Waals surface area contributed by atoms with Gasteiger partial charge < -0.3 is 20.4 Å². The third kappa shape index (κ3) is 5.66. The van der Waals surface area contributed by atoms with Gasteiger partial charge in [0.05, 0.1) is 13.5 Å².